The Morgan fingerprint density at radius 1 is 0.711 bits per heavy atom. The van der Waals surface area contributed by atoms with Crippen molar-refractivity contribution < 1.29 is 19.1 Å². The van der Waals surface area contributed by atoms with Gasteiger partial charge in [0.05, 0.1) is 18.5 Å². The van der Waals surface area contributed by atoms with E-state index in [1.807, 2.05) is 13.8 Å². The van der Waals surface area contributed by atoms with Gasteiger partial charge in [-0.05, 0) is 123 Å². The van der Waals surface area contributed by atoms with E-state index in [4.69, 9.17) is 44.9 Å². The summed E-state index contributed by atoms with van der Waals surface area (Å²) < 4.78 is 11.8. The summed E-state index contributed by atoms with van der Waals surface area (Å²) in [5.74, 6) is -0.163. The number of rotatable bonds is 7. The molecule has 1 aliphatic rings. The van der Waals surface area contributed by atoms with E-state index in [0.717, 1.165) is 27.8 Å². The van der Waals surface area contributed by atoms with Crippen LogP contribution in [0.25, 0.3) is 6.08 Å². The van der Waals surface area contributed by atoms with Gasteiger partial charge in [-0.3, -0.25) is 19.4 Å². The highest BCUT2D eigenvalue weighted by Crippen LogP contribution is 2.35. The van der Waals surface area contributed by atoms with Gasteiger partial charge in [-0.2, -0.15) is 0 Å². The van der Waals surface area contributed by atoms with Gasteiger partial charge in [-0.25, -0.2) is 0 Å². The maximum Gasteiger partial charge on any atom is 0.270 e. The maximum absolute atomic E-state index is 14.0. The molecule has 230 valence electrons. The number of hydrogen-bond donors (Lipinski definition) is 0. The Morgan fingerprint density at radius 2 is 1.24 bits per heavy atom. The Hall–Kier alpha value is -4.17. The minimum absolute atomic E-state index is 0.00925. The number of carbonyl (C=O) groups is 2. The van der Waals surface area contributed by atoms with Crippen LogP contribution in [0.5, 0.6) is 11.5 Å². The Morgan fingerprint density at radius 3 is 1.73 bits per heavy atom. The standard InChI is InChI=1S/C36H32Cl2N2O4S/c1-20-13-23(4)29(24(5)14-20)19-44-32-12-9-25(16-33(32)43-6)15-28-34(41)39(26-10-7-21(2)30(37)17-26)36(45)40(35(28)42)27-11-8-22(3)31(38)18-27/h7-18H,19H2,1-6H3. The lowest BCUT2D eigenvalue weighted by Crippen LogP contribution is -2.57. The zero-order chi connectivity index (χ0) is 32.6. The van der Waals surface area contributed by atoms with E-state index in [2.05, 4.69) is 32.9 Å². The van der Waals surface area contributed by atoms with Gasteiger partial charge in [0.25, 0.3) is 11.8 Å². The summed E-state index contributed by atoms with van der Waals surface area (Å²) in [4.78, 5) is 30.6. The summed E-state index contributed by atoms with van der Waals surface area (Å²) in [6.45, 7) is 10.3. The van der Waals surface area contributed by atoms with Crippen molar-refractivity contribution in [2.24, 2.45) is 0 Å². The SMILES string of the molecule is COc1cc(C=C2C(=O)N(c3ccc(C)c(Cl)c3)C(=S)N(c3ccc(C)c(Cl)c3)C2=O)ccc1OCc1c(C)cc(C)cc1C. The third-order valence-electron chi connectivity index (χ3n) is 7.79. The fraction of sp³-hybridized carbons (Fsp3) is 0.194. The van der Waals surface area contributed by atoms with Crippen LogP contribution in [0.3, 0.4) is 0 Å². The molecule has 0 aromatic heterocycles. The van der Waals surface area contributed by atoms with E-state index in [9.17, 15) is 9.59 Å². The van der Waals surface area contributed by atoms with E-state index in [-0.39, 0.29) is 10.7 Å². The molecular formula is C36H32Cl2N2O4S. The van der Waals surface area contributed by atoms with E-state index in [0.29, 0.717) is 45.1 Å². The summed E-state index contributed by atoms with van der Waals surface area (Å²) in [6, 6.07) is 19.9. The molecule has 0 radical (unpaired) electrons. The van der Waals surface area contributed by atoms with Crippen LogP contribution < -0.4 is 19.3 Å². The average molecular weight is 660 g/mol. The van der Waals surface area contributed by atoms with Crippen molar-refractivity contribution in [1.29, 1.82) is 0 Å². The van der Waals surface area contributed by atoms with E-state index in [1.165, 1.54) is 21.4 Å². The van der Waals surface area contributed by atoms with Crippen molar-refractivity contribution in [3.63, 3.8) is 0 Å². The normalized spacial score (nSPS) is 13.4. The molecule has 4 aromatic rings. The van der Waals surface area contributed by atoms with Gasteiger partial charge in [0, 0.05) is 10.0 Å². The molecule has 0 unspecified atom stereocenters. The lowest BCUT2D eigenvalue weighted by atomic mass is 10.0. The molecule has 9 heteroatoms. The number of ether oxygens (including phenoxy) is 2. The predicted molar refractivity (Wildman–Crippen MR) is 186 cm³/mol. The number of hydrogen-bond acceptors (Lipinski definition) is 5. The zero-order valence-electron chi connectivity index (χ0n) is 25.8. The molecule has 1 heterocycles. The summed E-state index contributed by atoms with van der Waals surface area (Å²) in [7, 11) is 1.54. The lowest BCUT2D eigenvalue weighted by Gasteiger charge is -2.36. The molecule has 4 aromatic carbocycles. The van der Waals surface area contributed by atoms with Crippen molar-refractivity contribution in [3.05, 3.63) is 121 Å². The Kier molecular flexibility index (Phi) is 9.35. The molecule has 1 aliphatic heterocycles. The quantitative estimate of drug-likeness (QED) is 0.113. The van der Waals surface area contributed by atoms with Crippen molar-refractivity contribution in [3.8, 4) is 11.5 Å². The fourth-order valence-corrected chi connectivity index (χ4v) is 6.00. The van der Waals surface area contributed by atoms with Gasteiger partial charge in [0.15, 0.2) is 16.6 Å². The van der Waals surface area contributed by atoms with Crippen molar-refractivity contribution in [2.75, 3.05) is 16.9 Å². The molecule has 0 spiro atoms. The van der Waals surface area contributed by atoms with Crippen LogP contribution in [0.1, 0.15) is 38.9 Å². The second kappa shape index (κ2) is 13.1. The highest BCUT2D eigenvalue weighted by molar-refractivity contribution is 7.81. The minimum atomic E-state index is -0.580. The van der Waals surface area contributed by atoms with E-state index < -0.39 is 11.8 Å². The maximum atomic E-state index is 14.0. The highest BCUT2D eigenvalue weighted by Gasteiger charge is 2.41. The van der Waals surface area contributed by atoms with Crippen molar-refractivity contribution in [2.45, 2.75) is 41.2 Å². The minimum Gasteiger partial charge on any atom is -0.493 e. The molecule has 0 bridgehead atoms. The van der Waals surface area contributed by atoms with Crippen LogP contribution in [0, 0.1) is 34.6 Å². The van der Waals surface area contributed by atoms with Crippen LogP contribution in [0.4, 0.5) is 11.4 Å². The topological polar surface area (TPSA) is 59.1 Å². The monoisotopic (exact) mass is 658 g/mol. The summed E-state index contributed by atoms with van der Waals surface area (Å²) in [5.41, 5.74) is 7.63. The Balaban J connectivity index is 1.54. The van der Waals surface area contributed by atoms with E-state index in [1.54, 1.807) is 61.7 Å². The number of benzene rings is 4. The summed E-state index contributed by atoms with van der Waals surface area (Å²) >= 11 is 18.6. The number of carbonyl (C=O) groups excluding carboxylic acids is 2. The molecule has 0 aliphatic carbocycles. The van der Waals surface area contributed by atoms with E-state index >= 15 is 0 Å². The van der Waals surface area contributed by atoms with Crippen molar-refractivity contribution in [1.82, 2.24) is 0 Å². The smallest absolute Gasteiger partial charge is 0.270 e. The molecule has 1 fully saturated rings. The molecular weight excluding hydrogens is 627 g/mol. The highest BCUT2D eigenvalue weighted by atomic mass is 35.5. The molecule has 45 heavy (non-hydrogen) atoms. The van der Waals surface area contributed by atoms with Crippen LogP contribution >= 0.6 is 35.4 Å². The summed E-state index contributed by atoms with van der Waals surface area (Å²) in [5, 5.41) is 0.920. The second-order valence-electron chi connectivity index (χ2n) is 11.1. The molecule has 2 amide bonds. The molecule has 0 saturated carbocycles. The second-order valence-corrected chi connectivity index (χ2v) is 12.2. The van der Waals surface area contributed by atoms with Crippen molar-refractivity contribution >= 4 is 69.8 Å². The number of nitrogens with zero attached hydrogens (tertiary/aromatic N) is 2. The summed E-state index contributed by atoms with van der Waals surface area (Å²) in [6.07, 6.45) is 1.53. The molecule has 1 saturated heterocycles. The average Bonchev–Trinajstić information content (AvgIpc) is 2.98. The molecule has 5 rings (SSSR count). The molecule has 6 nitrogen and oxygen atoms in total. The molecule has 0 N–H and O–H groups in total. The van der Waals surface area contributed by atoms with Gasteiger partial charge in [-0.15, -0.1) is 0 Å². The Bertz CT molecular complexity index is 1800. The van der Waals surface area contributed by atoms with Gasteiger partial charge in [0.1, 0.15) is 12.2 Å². The first-order chi connectivity index (χ1) is 21.4. The lowest BCUT2D eigenvalue weighted by molar-refractivity contribution is -0.120. The first-order valence-electron chi connectivity index (χ1n) is 14.2. The zero-order valence-corrected chi connectivity index (χ0v) is 28.2. The predicted octanol–water partition coefficient (Wildman–Crippen LogP) is 8.87. The molecule has 0 atom stereocenters. The third kappa shape index (κ3) is 6.47. The largest absolute Gasteiger partial charge is 0.493 e. The number of methoxy groups -OCH3 is 1. The van der Waals surface area contributed by atoms with Gasteiger partial charge >= 0.3 is 0 Å². The third-order valence-corrected chi connectivity index (χ3v) is 8.97. The number of amides is 2. The number of thiocarbonyl (C=S) groups is 1. The first-order valence-corrected chi connectivity index (χ1v) is 15.4. The number of halogens is 2. The number of anilines is 2. The Labute approximate surface area is 278 Å². The van der Waals surface area contributed by atoms with Gasteiger partial charge in [-0.1, -0.05) is 59.1 Å². The van der Waals surface area contributed by atoms with Crippen LogP contribution in [-0.4, -0.2) is 24.0 Å². The van der Waals surface area contributed by atoms with Gasteiger partial charge < -0.3 is 9.47 Å². The fourth-order valence-electron chi connectivity index (χ4n) is 5.27. The van der Waals surface area contributed by atoms with Crippen LogP contribution in [0.15, 0.2) is 72.3 Å². The van der Waals surface area contributed by atoms with Crippen LogP contribution in [0.2, 0.25) is 10.0 Å². The number of aryl methyl sites for hydroxylation is 5. The van der Waals surface area contributed by atoms with Gasteiger partial charge in [0.2, 0.25) is 0 Å². The first kappa shape index (κ1) is 32.2. The van der Waals surface area contributed by atoms with Crippen LogP contribution in [-0.2, 0) is 16.2 Å².